The molecule has 138 valence electrons. The highest BCUT2D eigenvalue weighted by Crippen LogP contribution is 2.32. The van der Waals surface area contributed by atoms with Crippen LogP contribution in [0.3, 0.4) is 0 Å². The largest absolute Gasteiger partial charge is 0.495 e. The molecular weight excluding hydrogens is 346 g/mol. The molecule has 1 aliphatic rings. The lowest BCUT2D eigenvalue weighted by molar-refractivity contribution is -0.119. The van der Waals surface area contributed by atoms with Crippen LogP contribution < -0.4 is 14.8 Å². The lowest BCUT2D eigenvalue weighted by Crippen LogP contribution is -2.31. The number of amides is 1. The number of pyridine rings is 1. The number of hydrogen-bond donors (Lipinski definition) is 1. The van der Waals surface area contributed by atoms with Crippen LogP contribution >= 0.6 is 0 Å². The van der Waals surface area contributed by atoms with Crippen LogP contribution in [0.1, 0.15) is 24.0 Å². The van der Waals surface area contributed by atoms with Crippen molar-refractivity contribution >= 4 is 16.7 Å². The summed E-state index contributed by atoms with van der Waals surface area (Å²) in [7, 11) is 3.08. The minimum Gasteiger partial charge on any atom is -0.495 e. The van der Waals surface area contributed by atoms with Gasteiger partial charge in [-0.25, -0.2) is 4.98 Å². The lowest BCUT2D eigenvalue weighted by Gasteiger charge is -2.14. The van der Waals surface area contributed by atoms with Gasteiger partial charge < -0.3 is 19.5 Å². The van der Waals surface area contributed by atoms with Crippen molar-refractivity contribution in [2.45, 2.75) is 18.9 Å². The molecule has 1 aromatic heterocycles. The molecule has 0 unspecified atom stereocenters. The van der Waals surface area contributed by atoms with Crippen LogP contribution in [-0.2, 0) is 9.53 Å². The summed E-state index contributed by atoms with van der Waals surface area (Å²) < 4.78 is 16.1. The van der Waals surface area contributed by atoms with Crippen molar-refractivity contribution in [1.82, 2.24) is 10.3 Å². The maximum atomic E-state index is 11.3. The molecule has 2 aromatic rings. The first-order valence-electron chi connectivity index (χ1n) is 8.47. The Balaban J connectivity index is 2.01. The highest BCUT2D eigenvalue weighted by Gasteiger charge is 2.22. The Hall–Kier alpha value is -3.29. The molecule has 7 nitrogen and oxygen atoms in total. The number of nitriles is 1. The fourth-order valence-corrected chi connectivity index (χ4v) is 2.90. The first-order valence-corrected chi connectivity index (χ1v) is 8.47. The lowest BCUT2D eigenvalue weighted by atomic mass is 10.0. The Morgan fingerprint density at radius 1 is 1.30 bits per heavy atom. The van der Waals surface area contributed by atoms with Crippen molar-refractivity contribution in [3.63, 3.8) is 0 Å². The quantitative estimate of drug-likeness (QED) is 0.812. The Labute approximate surface area is 157 Å². The minimum absolute atomic E-state index is 0.0317. The topological polar surface area (TPSA) is 93.5 Å². The number of methoxy groups -OCH3 is 2. The van der Waals surface area contributed by atoms with Crippen molar-refractivity contribution in [3.8, 4) is 29.5 Å². The number of carbonyl (C=O) groups excluding carboxylic acids is 1. The second kappa shape index (κ2) is 8.39. The number of hydrogen-bond acceptors (Lipinski definition) is 6. The van der Waals surface area contributed by atoms with E-state index in [0.717, 1.165) is 11.8 Å². The van der Waals surface area contributed by atoms with Gasteiger partial charge in [0.1, 0.15) is 25.0 Å². The summed E-state index contributed by atoms with van der Waals surface area (Å²) in [6.45, 7) is 0.618. The van der Waals surface area contributed by atoms with Gasteiger partial charge in [-0.3, -0.25) is 4.79 Å². The van der Waals surface area contributed by atoms with Gasteiger partial charge in [-0.05, 0) is 18.6 Å². The van der Waals surface area contributed by atoms with Crippen LogP contribution in [0, 0.1) is 23.2 Å². The van der Waals surface area contributed by atoms with Gasteiger partial charge in [0.2, 0.25) is 11.8 Å². The van der Waals surface area contributed by atoms with Crippen LogP contribution in [0.15, 0.2) is 18.3 Å². The van der Waals surface area contributed by atoms with E-state index in [9.17, 15) is 10.1 Å². The van der Waals surface area contributed by atoms with Crippen molar-refractivity contribution in [1.29, 1.82) is 5.26 Å². The summed E-state index contributed by atoms with van der Waals surface area (Å²) in [6, 6.07) is 5.54. The monoisotopic (exact) mass is 365 g/mol. The van der Waals surface area contributed by atoms with Crippen molar-refractivity contribution in [2.24, 2.45) is 0 Å². The van der Waals surface area contributed by atoms with E-state index < -0.39 is 0 Å². The van der Waals surface area contributed by atoms with Crippen LogP contribution in [0.4, 0.5) is 0 Å². The molecule has 1 aromatic carbocycles. The number of ether oxygens (including phenoxy) is 3. The van der Waals surface area contributed by atoms with Crippen LogP contribution in [0.25, 0.3) is 10.8 Å². The SMILES string of the molecule is COCC#Cc1cnc(OC[C@@H]2CCC(=O)N2)c2cc(OC)c(C#N)cc12. The van der Waals surface area contributed by atoms with E-state index in [4.69, 9.17) is 14.2 Å². The predicted octanol–water partition coefficient (Wildman–Crippen LogP) is 1.77. The average molecular weight is 365 g/mol. The Bertz CT molecular complexity index is 969. The third-order valence-corrected chi connectivity index (χ3v) is 4.24. The molecule has 0 radical (unpaired) electrons. The maximum absolute atomic E-state index is 11.3. The number of nitrogens with one attached hydrogen (secondary N) is 1. The minimum atomic E-state index is -0.0317. The highest BCUT2D eigenvalue weighted by atomic mass is 16.5. The van der Waals surface area contributed by atoms with Gasteiger partial charge in [0, 0.05) is 30.5 Å². The molecule has 0 spiro atoms. The third kappa shape index (κ3) is 4.11. The van der Waals surface area contributed by atoms with E-state index in [1.165, 1.54) is 7.11 Å². The van der Waals surface area contributed by atoms with E-state index in [2.05, 4.69) is 28.2 Å². The van der Waals surface area contributed by atoms with Gasteiger partial charge in [0.05, 0.1) is 24.3 Å². The van der Waals surface area contributed by atoms with Crippen LogP contribution in [-0.4, -0.2) is 44.4 Å². The molecule has 2 heterocycles. The molecule has 7 heteroatoms. The van der Waals surface area contributed by atoms with E-state index >= 15 is 0 Å². The van der Waals surface area contributed by atoms with E-state index in [-0.39, 0.29) is 11.9 Å². The highest BCUT2D eigenvalue weighted by molar-refractivity contribution is 5.94. The summed E-state index contributed by atoms with van der Waals surface area (Å²) >= 11 is 0. The Kier molecular flexibility index (Phi) is 5.75. The van der Waals surface area contributed by atoms with Crippen molar-refractivity contribution in [3.05, 3.63) is 29.5 Å². The first-order chi connectivity index (χ1) is 13.2. The molecule has 1 atom stereocenters. The van der Waals surface area contributed by atoms with E-state index in [1.54, 1.807) is 25.4 Å². The summed E-state index contributed by atoms with van der Waals surface area (Å²) in [5.74, 6) is 6.78. The summed E-state index contributed by atoms with van der Waals surface area (Å²) in [4.78, 5) is 15.7. The number of aromatic nitrogens is 1. The second-order valence-electron chi connectivity index (χ2n) is 6.04. The van der Waals surface area contributed by atoms with Gasteiger partial charge in [-0.2, -0.15) is 5.26 Å². The number of carbonyl (C=O) groups is 1. The second-order valence-corrected chi connectivity index (χ2v) is 6.04. The molecule has 1 aliphatic heterocycles. The van der Waals surface area contributed by atoms with Crippen molar-refractivity contribution in [2.75, 3.05) is 27.4 Å². The standard InChI is InChI=1S/C20H19N3O4/c1-25-7-3-4-13-11-22-20(27-12-15-5-6-19(24)23-15)17-9-18(26-2)14(10-21)8-16(13)17/h8-9,11,15H,5-7,12H2,1-2H3,(H,23,24)/t15-/m0/s1. The van der Waals surface area contributed by atoms with Crippen LogP contribution in [0.5, 0.6) is 11.6 Å². The predicted molar refractivity (Wildman–Crippen MR) is 98.4 cm³/mol. The number of rotatable bonds is 5. The number of nitrogens with zero attached hydrogens (tertiary/aromatic N) is 2. The summed E-state index contributed by atoms with van der Waals surface area (Å²) in [5, 5.41) is 13.7. The molecule has 27 heavy (non-hydrogen) atoms. The fourth-order valence-electron chi connectivity index (χ4n) is 2.90. The first kappa shape index (κ1) is 18.5. The molecule has 1 N–H and O–H groups in total. The molecule has 0 bridgehead atoms. The molecule has 3 rings (SSSR count). The summed E-state index contributed by atoms with van der Waals surface area (Å²) in [6.07, 6.45) is 2.86. The third-order valence-electron chi connectivity index (χ3n) is 4.24. The maximum Gasteiger partial charge on any atom is 0.221 e. The van der Waals surface area contributed by atoms with Gasteiger partial charge in [0.15, 0.2) is 0 Å². The van der Waals surface area contributed by atoms with E-state index in [0.29, 0.717) is 47.8 Å². The molecule has 1 fully saturated rings. The van der Waals surface area contributed by atoms with Gasteiger partial charge >= 0.3 is 0 Å². The molecule has 0 aliphatic carbocycles. The molecule has 1 amide bonds. The normalized spacial score (nSPS) is 15.6. The van der Waals surface area contributed by atoms with Gasteiger partial charge in [-0.1, -0.05) is 11.8 Å². The van der Waals surface area contributed by atoms with Crippen molar-refractivity contribution < 1.29 is 19.0 Å². The number of fused-ring (bicyclic) bond motifs is 1. The van der Waals surface area contributed by atoms with E-state index in [1.807, 2.05) is 0 Å². The van der Waals surface area contributed by atoms with Gasteiger partial charge in [-0.15, -0.1) is 0 Å². The van der Waals surface area contributed by atoms with Crippen LogP contribution in [0.2, 0.25) is 0 Å². The smallest absolute Gasteiger partial charge is 0.221 e. The summed E-state index contributed by atoms with van der Waals surface area (Å²) in [5.41, 5.74) is 1.07. The van der Waals surface area contributed by atoms with Gasteiger partial charge in [0.25, 0.3) is 0 Å². The zero-order valence-corrected chi connectivity index (χ0v) is 15.2. The Morgan fingerprint density at radius 3 is 2.81 bits per heavy atom. The molecule has 1 saturated heterocycles. The average Bonchev–Trinajstić information content (AvgIpc) is 3.11. The molecule has 0 saturated carbocycles. The zero-order valence-electron chi connectivity index (χ0n) is 15.2. The zero-order chi connectivity index (χ0) is 19.2. The molecular formula is C20H19N3O4. The number of benzene rings is 1. The fraction of sp³-hybridized carbons (Fsp3) is 0.350. The Morgan fingerprint density at radius 2 is 2.15 bits per heavy atom.